The average molecular weight is 506 g/mol. The van der Waals surface area contributed by atoms with E-state index >= 15 is 0 Å². The zero-order chi connectivity index (χ0) is 19.1. The van der Waals surface area contributed by atoms with Crippen LogP contribution < -0.4 is 10.6 Å². The van der Waals surface area contributed by atoms with Gasteiger partial charge in [0.2, 0.25) is 5.91 Å². The summed E-state index contributed by atoms with van der Waals surface area (Å²) in [6.45, 7) is 1.97. The number of halogens is 1. The maximum absolute atomic E-state index is 12.0. The summed E-state index contributed by atoms with van der Waals surface area (Å²) >= 11 is 0. The molecule has 0 aromatic rings. The molecule has 6 nitrogen and oxygen atoms in total. The molecule has 1 unspecified atom stereocenters. The van der Waals surface area contributed by atoms with Crippen molar-refractivity contribution in [2.24, 2.45) is 10.9 Å². The highest BCUT2D eigenvalue weighted by atomic mass is 127. The second-order valence-electron chi connectivity index (χ2n) is 8.91. The highest BCUT2D eigenvalue weighted by Gasteiger charge is 2.40. The molecule has 0 aromatic heterocycles. The highest BCUT2D eigenvalue weighted by molar-refractivity contribution is 14.0. The number of hydrogen-bond acceptors (Lipinski definition) is 3. The Bertz CT molecular complexity index is 515. The zero-order valence-corrected chi connectivity index (χ0v) is 20.0. The normalized spacial score (nSPS) is 25.2. The van der Waals surface area contributed by atoms with Crippen LogP contribution in [-0.2, 0) is 9.53 Å². The first-order chi connectivity index (χ1) is 13.1. The van der Waals surface area contributed by atoms with Crippen LogP contribution in [0.1, 0.15) is 70.6 Å². The number of nitrogens with zero attached hydrogens (tertiary/aromatic N) is 2. The molecule has 3 aliphatic rings. The molecule has 162 valence electrons. The SMILES string of the molecule is CN(C)C(=O)CN=C(NCC1CCCCC1)NC1CCOC2(CCCC2)C1.I. The standard InChI is InChI=1S/C21H38N4O2.HI/c1-25(2)19(26)16-23-20(22-15-17-8-4-3-5-9-17)24-18-10-13-27-21(14-18)11-6-7-12-21;/h17-18H,3-16H2,1-2H3,(H2,22,23,24);1H. The molecule has 7 heteroatoms. The van der Waals surface area contributed by atoms with Gasteiger partial charge in [-0.2, -0.15) is 0 Å². The van der Waals surface area contributed by atoms with Crippen molar-refractivity contribution in [3.8, 4) is 0 Å². The van der Waals surface area contributed by atoms with Gasteiger partial charge in [-0.1, -0.05) is 32.1 Å². The third-order valence-corrected chi connectivity index (χ3v) is 6.50. The molecule has 2 N–H and O–H groups in total. The fourth-order valence-electron chi connectivity index (χ4n) is 4.79. The second-order valence-corrected chi connectivity index (χ2v) is 8.91. The van der Waals surface area contributed by atoms with Crippen LogP contribution >= 0.6 is 24.0 Å². The lowest BCUT2D eigenvalue weighted by molar-refractivity contribution is -0.127. The molecule has 1 amide bonds. The minimum Gasteiger partial charge on any atom is -0.375 e. The molecule has 2 saturated carbocycles. The molecule has 1 aliphatic heterocycles. The maximum Gasteiger partial charge on any atom is 0.243 e. The Morgan fingerprint density at radius 1 is 1.11 bits per heavy atom. The molecule has 1 saturated heterocycles. The van der Waals surface area contributed by atoms with Crippen molar-refractivity contribution in [2.75, 3.05) is 33.8 Å². The van der Waals surface area contributed by atoms with Crippen LogP contribution in [0, 0.1) is 5.92 Å². The number of carbonyl (C=O) groups is 1. The van der Waals surface area contributed by atoms with Crippen molar-refractivity contribution in [1.29, 1.82) is 0 Å². The van der Waals surface area contributed by atoms with E-state index in [4.69, 9.17) is 4.74 Å². The van der Waals surface area contributed by atoms with E-state index in [1.54, 1.807) is 19.0 Å². The van der Waals surface area contributed by atoms with Crippen molar-refractivity contribution in [3.63, 3.8) is 0 Å². The number of aliphatic imine (C=N–C) groups is 1. The predicted molar refractivity (Wildman–Crippen MR) is 124 cm³/mol. The lowest BCUT2D eigenvalue weighted by Crippen LogP contribution is -2.51. The van der Waals surface area contributed by atoms with Crippen molar-refractivity contribution < 1.29 is 9.53 Å². The number of carbonyl (C=O) groups excluding carboxylic acids is 1. The molecule has 2 aliphatic carbocycles. The van der Waals surface area contributed by atoms with Gasteiger partial charge in [0.25, 0.3) is 0 Å². The highest BCUT2D eigenvalue weighted by Crippen LogP contribution is 2.39. The van der Waals surface area contributed by atoms with E-state index in [0.717, 1.165) is 37.9 Å². The number of amides is 1. The van der Waals surface area contributed by atoms with E-state index < -0.39 is 0 Å². The monoisotopic (exact) mass is 506 g/mol. The van der Waals surface area contributed by atoms with E-state index in [1.165, 1.54) is 57.8 Å². The van der Waals surface area contributed by atoms with Crippen LogP contribution in [0.15, 0.2) is 4.99 Å². The first-order valence-electron chi connectivity index (χ1n) is 11.0. The molecular weight excluding hydrogens is 467 g/mol. The fraction of sp³-hybridized carbons (Fsp3) is 0.905. The van der Waals surface area contributed by atoms with Crippen LogP contribution in [0.2, 0.25) is 0 Å². The lowest BCUT2D eigenvalue weighted by Gasteiger charge is -2.39. The van der Waals surface area contributed by atoms with Gasteiger partial charge in [-0.05, 0) is 44.4 Å². The van der Waals surface area contributed by atoms with Gasteiger partial charge in [0.1, 0.15) is 6.54 Å². The predicted octanol–water partition coefficient (Wildman–Crippen LogP) is 3.30. The summed E-state index contributed by atoms with van der Waals surface area (Å²) in [5, 5.41) is 7.17. The molecule has 0 bridgehead atoms. The Morgan fingerprint density at radius 2 is 1.82 bits per heavy atom. The van der Waals surface area contributed by atoms with E-state index in [2.05, 4.69) is 15.6 Å². The molecule has 0 aromatic carbocycles. The Balaban J connectivity index is 0.00000280. The summed E-state index contributed by atoms with van der Waals surface area (Å²) in [5.74, 6) is 1.56. The number of nitrogens with one attached hydrogen (secondary N) is 2. The third-order valence-electron chi connectivity index (χ3n) is 6.50. The summed E-state index contributed by atoms with van der Waals surface area (Å²) in [4.78, 5) is 18.2. The van der Waals surface area contributed by atoms with E-state index in [-0.39, 0.29) is 42.0 Å². The van der Waals surface area contributed by atoms with Gasteiger partial charge in [0.05, 0.1) is 5.60 Å². The largest absolute Gasteiger partial charge is 0.375 e. The summed E-state index contributed by atoms with van der Waals surface area (Å²) in [6.07, 6.45) is 13.7. The molecular formula is C21H39IN4O2. The Kier molecular flexibility index (Phi) is 9.80. The van der Waals surface area contributed by atoms with Gasteiger partial charge in [0, 0.05) is 33.3 Å². The molecule has 1 atom stereocenters. The lowest BCUT2D eigenvalue weighted by atomic mass is 9.89. The molecule has 28 heavy (non-hydrogen) atoms. The van der Waals surface area contributed by atoms with Crippen molar-refractivity contribution in [1.82, 2.24) is 15.5 Å². The van der Waals surface area contributed by atoms with Gasteiger partial charge < -0.3 is 20.3 Å². The van der Waals surface area contributed by atoms with E-state index in [1.807, 2.05) is 0 Å². The van der Waals surface area contributed by atoms with Crippen LogP contribution in [0.5, 0.6) is 0 Å². The van der Waals surface area contributed by atoms with Gasteiger partial charge in [-0.3, -0.25) is 4.79 Å². The molecule has 0 radical (unpaired) electrons. The van der Waals surface area contributed by atoms with Gasteiger partial charge in [0.15, 0.2) is 5.96 Å². The summed E-state index contributed by atoms with van der Waals surface area (Å²) in [6, 6.07) is 0.379. The van der Waals surface area contributed by atoms with Gasteiger partial charge in [-0.15, -0.1) is 24.0 Å². The number of guanidine groups is 1. The van der Waals surface area contributed by atoms with E-state index in [0.29, 0.717) is 6.04 Å². The average Bonchev–Trinajstić information content (AvgIpc) is 3.11. The Hall–Kier alpha value is -0.570. The second kappa shape index (κ2) is 11.6. The summed E-state index contributed by atoms with van der Waals surface area (Å²) < 4.78 is 6.16. The van der Waals surface area contributed by atoms with Gasteiger partial charge >= 0.3 is 0 Å². The Labute approximate surface area is 187 Å². The zero-order valence-electron chi connectivity index (χ0n) is 17.7. The van der Waals surface area contributed by atoms with Crippen molar-refractivity contribution >= 4 is 35.8 Å². The number of likely N-dealkylation sites (N-methyl/N-ethyl adjacent to an activating group) is 1. The van der Waals surface area contributed by atoms with E-state index in [9.17, 15) is 4.79 Å². The number of rotatable bonds is 5. The fourth-order valence-corrected chi connectivity index (χ4v) is 4.79. The first-order valence-corrected chi connectivity index (χ1v) is 11.0. The summed E-state index contributed by atoms with van der Waals surface area (Å²) in [7, 11) is 3.56. The van der Waals surface area contributed by atoms with Crippen molar-refractivity contribution in [2.45, 2.75) is 82.3 Å². The number of hydrogen-bond donors (Lipinski definition) is 2. The minimum absolute atomic E-state index is 0. The molecule has 1 spiro atoms. The van der Waals surface area contributed by atoms with Gasteiger partial charge in [-0.25, -0.2) is 4.99 Å². The Morgan fingerprint density at radius 3 is 2.50 bits per heavy atom. The van der Waals surface area contributed by atoms with Crippen LogP contribution in [-0.4, -0.2) is 62.2 Å². The van der Waals surface area contributed by atoms with Crippen molar-refractivity contribution in [3.05, 3.63) is 0 Å². The topological polar surface area (TPSA) is 66.0 Å². The molecule has 1 heterocycles. The van der Waals surface area contributed by atoms with Crippen LogP contribution in [0.3, 0.4) is 0 Å². The quantitative estimate of drug-likeness (QED) is 0.341. The number of ether oxygens (including phenoxy) is 1. The molecule has 3 rings (SSSR count). The smallest absolute Gasteiger partial charge is 0.243 e. The van der Waals surface area contributed by atoms with Crippen LogP contribution in [0.25, 0.3) is 0 Å². The third kappa shape index (κ3) is 7.04. The first kappa shape index (κ1) is 23.7. The van der Waals surface area contributed by atoms with Crippen LogP contribution in [0.4, 0.5) is 0 Å². The summed E-state index contributed by atoms with van der Waals surface area (Å²) in [5.41, 5.74) is 0.0872. The maximum atomic E-state index is 12.0. The molecule has 3 fully saturated rings. The minimum atomic E-state index is 0.